The van der Waals surface area contributed by atoms with Gasteiger partial charge in [-0.3, -0.25) is 4.90 Å². The molecule has 1 aromatic carbocycles. The Bertz CT molecular complexity index is 489. The molecule has 2 aliphatic rings. The second kappa shape index (κ2) is 7.11. The van der Waals surface area contributed by atoms with E-state index >= 15 is 0 Å². The Kier molecular flexibility index (Phi) is 4.95. The van der Waals surface area contributed by atoms with E-state index in [0.29, 0.717) is 5.56 Å². The van der Waals surface area contributed by atoms with Gasteiger partial charge in [0.15, 0.2) is 0 Å². The van der Waals surface area contributed by atoms with Gasteiger partial charge in [-0.1, -0.05) is 0 Å². The predicted molar refractivity (Wildman–Crippen MR) is 87.4 cm³/mol. The summed E-state index contributed by atoms with van der Waals surface area (Å²) in [4.78, 5) is 16.4. The molecule has 5 nitrogen and oxygen atoms in total. The van der Waals surface area contributed by atoms with Gasteiger partial charge in [-0.2, -0.15) is 0 Å². The molecule has 2 saturated heterocycles. The molecule has 0 aliphatic carbocycles. The normalized spacial score (nSPS) is 22.8. The fraction of sp³-hybridized carbons (Fsp3) is 0.588. The fourth-order valence-electron chi connectivity index (χ4n) is 3.35. The molecular weight excluding hydrogens is 278 g/mol. The van der Waals surface area contributed by atoms with Crippen LogP contribution in [0.2, 0.25) is 0 Å². The van der Waals surface area contributed by atoms with E-state index in [1.165, 1.54) is 38.9 Å². The Morgan fingerprint density at radius 1 is 1.23 bits per heavy atom. The second-order valence-electron chi connectivity index (χ2n) is 6.18. The number of carbonyl (C=O) groups is 1. The third-order valence-electron chi connectivity index (χ3n) is 4.70. The van der Waals surface area contributed by atoms with Crippen molar-refractivity contribution in [3.8, 4) is 0 Å². The number of nitrogens with zero attached hydrogens (tertiary/aromatic N) is 2. The van der Waals surface area contributed by atoms with Crippen LogP contribution >= 0.6 is 0 Å². The van der Waals surface area contributed by atoms with Gasteiger partial charge in [0.05, 0.1) is 12.7 Å². The fourth-order valence-corrected chi connectivity index (χ4v) is 3.35. The topological polar surface area (TPSA) is 44.8 Å². The molecule has 1 atom stereocenters. The molecule has 2 aliphatic heterocycles. The number of anilines is 1. The number of methoxy groups -OCH3 is 1. The first-order valence-electron chi connectivity index (χ1n) is 8.12. The minimum absolute atomic E-state index is 0.276. The van der Waals surface area contributed by atoms with E-state index < -0.39 is 0 Å². The number of nitrogens with one attached hydrogen (secondary N) is 1. The Hall–Kier alpha value is -1.59. The monoisotopic (exact) mass is 303 g/mol. The molecule has 1 N–H and O–H groups in total. The molecule has 0 unspecified atom stereocenters. The third-order valence-corrected chi connectivity index (χ3v) is 4.70. The molecule has 0 aromatic heterocycles. The predicted octanol–water partition coefficient (Wildman–Crippen LogP) is 1.20. The minimum Gasteiger partial charge on any atom is -0.465 e. The van der Waals surface area contributed by atoms with E-state index in [1.807, 2.05) is 24.3 Å². The van der Waals surface area contributed by atoms with E-state index in [9.17, 15) is 4.79 Å². The third kappa shape index (κ3) is 3.59. The summed E-state index contributed by atoms with van der Waals surface area (Å²) in [6.07, 6.45) is 1.31. The number of hydrogen-bond donors (Lipinski definition) is 1. The molecule has 0 radical (unpaired) electrons. The average molecular weight is 303 g/mol. The second-order valence-corrected chi connectivity index (χ2v) is 6.18. The summed E-state index contributed by atoms with van der Waals surface area (Å²) in [5.41, 5.74) is 1.80. The van der Waals surface area contributed by atoms with Gasteiger partial charge in [-0.15, -0.1) is 0 Å². The Balaban J connectivity index is 1.51. The molecule has 2 fully saturated rings. The lowest BCUT2D eigenvalue weighted by molar-refractivity contribution is 0.0601. The molecule has 0 bridgehead atoms. The van der Waals surface area contributed by atoms with Crippen LogP contribution in [0.15, 0.2) is 24.3 Å². The zero-order chi connectivity index (χ0) is 15.4. The molecule has 1 aromatic rings. The van der Waals surface area contributed by atoms with Crippen molar-refractivity contribution in [1.82, 2.24) is 10.2 Å². The van der Waals surface area contributed by atoms with Gasteiger partial charge in [0.1, 0.15) is 0 Å². The van der Waals surface area contributed by atoms with Crippen molar-refractivity contribution in [2.45, 2.75) is 6.42 Å². The van der Waals surface area contributed by atoms with Crippen molar-refractivity contribution in [3.05, 3.63) is 29.8 Å². The smallest absolute Gasteiger partial charge is 0.337 e. The SMILES string of the molecule is COC(=O)c1ccc(N2CCN(C[C@@H]3CCNC3)CC2)cc1. The number of ether oxygens (including phenoxy) is 1. The number of piperazine rings is 1. The molecule has 0 amide bonds. The number of carbonyl (C=O) groups excluding carboxylic acids is 1. The highest BCUT2D eigenvalue weighted by Crippen LogP contribution is 2.19. The molecule has 0 spiro atoms. The lowest BCUT2D eigenvalue weighted by Crippen LogP contribution is -2.48. The van der Waals surface area contributed by atoms with E-state index in [4.69, 9.17) is 4.74 Å². The maximum atomic E-state index is 11.5. The largest absolute Gasteiger partial charge is 0.465 e. The highest BCUT2D eigenvalue weighted by molar-refractivity contribution is 5.89. The maximum Gasteiger partial charge on any atom is 0.337 e. The van der Waals surface area contributed by atoms with Crippen molar-refractivity contribution < 1.29 is 9.53 Å². The van der Waals surface area contributed by atoms with Gasteiger partial charge in [0.25, 0.3) is 0 Å². The van der Waals surface area contributed by atoms with Crippen LogP contribution in [0.5, 0.6) is 0 Å². The molecular formula is C17H25N3O2. The molecule has 120 valence electrons. The maximum absolute atomic E-state index is 11.5. The van der Waals surface area contributed by atoms with Crippen LogP contribution in [0.4, 0.5) is 5.69 Å². The summed E-state index contributed by atoms with van der Waals surface area (Å²) in [5.74, 6) is 0.549. The van der Waals surface area contributed by atoms with Gasteiger partial charge in [-0.05, 0) is 49.7 Å². The van der Waals surface area contributed by atoms with Crippen molar-refractivity contribution in [3.63, 3.8) is 0 Å². The molecule has 0 saturated carbocycles. The van der Waals surface area contributed by atoms with E-state index in [1.54, 1.807) is 0 Å². The zero-order valence-electron chi connectivity index (χ0n) is 13.3. The summed E-state index contributed by atoms with van der Waals surface area (Å²) in [5, 5.41) is 3.44. The van der Waals surface area contributed by atoms with E-state index in [0.717, 1.165) is 32.1 Å². The van der Waals surface area contributed by atoms with Crippen LogP contribution in [0.25, 0.3) is 0 Å². The first-order chi connectivity index (χ1) is 10.8. The highest BCUT2D eigenvalue weighted by Gasteiger charge is 2.22. The average Bonchev–Trinajstić information content (AvgIpc) is 3.08. The Morgan fingerprint density at radius 3 is 2.55 bits per heavy atom. The van der Waals surface area contributed by atoms with Gasteiger partial charge in [0.2, 0.25) is 0 Å². The van der Waals surface area contributed by atoms with Crippen LogP contribution < -0.4 is 10.2 Å². The summed E-state index contributed by atoms with van der Waals surface area (Å²) >= 11 is 0. The van der Waals surface area contributed by atoms with Crippen LogP contribution in [0.1, 0.15) is 16.8 Å². The summed E-state index contributed by atoms with van der Waals surface area (Å²) < 4.78 is 4.73. The quantitative estimate of drug-likeness (QED) is 0.847. The highest BCUT2D eigenvalue weighted by atomic mass is 16.5. The number of hydrogen-bond acceptors (Lipinski definition) is 5. The lowest BCUT2D eigenvalue weighted by atomic mass is 10.1. The summed E-state index contributed by atoms with van der Waals surface area (Å²) in [6.45, 7) is 7.93. The van der Waals surface area contributed by atoms with Crippen molar-refractivity contribution in [1.29, 1.82) is 0 Å². The van der Waals surface area contributed by atoms with Crippen LogP contribution in [0.3, 0.4) is 0 Å². The van der Waals surface area contributed by atoms with Gasteiger partial charge < -0.3 is 15.0 Å². The van der Waals surface area contributed by atoms with Crippen molar-refractivity contribution in [2.75, 3.05) is 57.8 Å². The van der Waals surface area contributed by atoms with Crippen LogP contribution in [-0.2, 0) is 4.74 Å². The van der Waals surface area contributed by atoms with E-state index in [-0.39, 0.29) is 5.97 Å². The van der Waals surface area contributed by atoms with Crippen LogP contribution in [-0.4, -0.2) is 63.8 Å². The number of esters is 1. The molecule has 5 heteroatoms. The first-order valence-corrected chi connectivity index (χ1v) is 8.12. The minimum atomic E-state index is -0.276. The Labute approximate surface area is 132 Å². The van der Waals surface area contributed by atoms with E-state index in [2.05, 4.69) is 15.1 Å². The number of benzene rings is 1. The van der Waals surface area contributed by atoms with Crippen molar-refractivity contribution >= 4 is 11.7 Å². The van der Waals surface area contributed by atoms with Gasteiger partial charge >= 0.3 is 5.97 Å². The molecule has 2 heterocycles. The van der Waals surface area contributed by atoms with Crippen molar-refractivity contribution in [2.24, 2.45) is 5.92 Å². The molecule has 3 rings (SSSR count). The molecule has 22 heavy (non-hydrogen) atoms. The standard InChI is InChI=1S/C17H25N3O2/c1-22-17(21)15-2-4-16(5-3-15)20-10-8-19(9-11-20)13-14-6-7-18-12-14/h2-5,14,18H,6-13H2,1H3/t14-/m1/s1. The van der Waals surface area contributed by atoms with Gasteiger partial charge in [0, 0.05) is 38.4 Å². The summed E-state index contributed by atoms with van der Waals surface area (Å²) in [6, 6.07) is 7.72. The lowest BCUT2D eigenvalue weighted by Gasteiger charge is -2.37. The number of rotatable bonds is 4. The zero-order valence-corrected chi connectivity index (χ0v) is 13.3. The summed E-state index contributed by atoms with van der Waals surface area (Å²) in [7, 11) is 1.41. The van der Waals surface area contributed by atoms with Crippen LogP contribution in [0, 0.1) is 5.92 Å². The van der Waals surface area contributed by atoms with Gasteiger partial charge in [-0.25, -0.2) is 4.79 Å². The first kappa shape index (κ1) is 15.3. The Morgan fingerprint density at radius 2 is 1.95 bits per heavy atom.